The van der Waals surface area contributed by atoms with Crippen LogP contribution in [0.4, 0.5) is 0 Å². The molecular formula is C6H15N3O2S. The second kappa shape index (κ2) is 3.29. The van der Waals surface area contributed by atoms with E-state index >= 15 is 0 Å². The zero-order chi connectivity index (χ0) is 9.35. The zero-order valence-electron chi connectivity index (χ0n) is 7.10. The van der Waals surface area contributed by atoms with Gasteiger partial charge in [-0.2, -0.15) is 12.7 Å². The average Bonchev–Trinajstić information content (AvgIpc) is 2.29. The summed E-state index contributed by atoms with van der Waals surface area (Å²) in [6, 6.07) is -0.111. The molecule has 1 aliphatic heterocycles. The van der Waals surface area contributed by atoms with Gasteiger partial charge in [0.2, 0.25) is 0 Å². The Labute approximate surface area is 72.9 Å². The first-order valence-electron chi connectivity index (χ1n) is 3.96. The van der Waals surface area contributed by atoms with Gasteiger partial charge in [0, 0.05) is 19.1 Å². The van der Waals surface area contributed by atoms with Crippen molar-refractivity contribution in [1.29, 1.82) is 0 Å². The quantitative estimate of drug-likeness (QED) is 0.581. The Bertz CT molecular complexity index is 252. The molecule has 2 unspecified atom stereocenters. The molecule has 0 amide bonds. The molecule has 0 aromatic rings. The Morgan fingerprint density at radius 1 is 1.58 bits per heavy atom. The fraction of sp³-hybridized carbons (Fsp3) is 1.00. The molecule has 0 spiro atoms. The molecule has 1 heterocycles. The van der Waals surface area contributed by atoms with Crippen molar-refractivity contribution in [2.75, 3.05) is 13.1 Å². The minimum absolute atomic E-state index is 0.111. The molecule has 1 aliphatic rings. The molecule has 1 rings (SSSR count). The van der Waals surface area contributed by atoms with E-state index in [-0.39, 0.29) is 6.04 Å². The lowest BCUT2D eigenvalue weighted by Gasteiger charge is -2.22. The largest absolute Gasteiger partial charge is 0.329 e. The summed E-state index contributed by atoms with van der Waals surface area (Å²) in [7, 11) is -3.54. The third-order valence-electron chi connectivity index (χ3n) is 2.40. The molecule has 0 aromatic heterocycles. The van der Waals surface area contributed by atoms with Crippen LogP contribution in [0.5, 0.6) is 0 Å². The predicted octanol–water partition coefficient (Wildman–Crippen LogP) is -1.14. The van der Waals surface area contributed by atoms with E-state index in [0.29, 0.717) is 19.0 Å². The summed E-state index contributed by atoms with van der Waals surface area (Å²) in [6.45, 7) is 2.84. The Morgan fingerprint density at radius 2 is 2.17 bits per heavy atom. The molecule has 0 saturated carbocycles. The molecule has 0 aromatic carbocycles. The fourth-order valence-corrected chi connectivity index (χ4v) is 2.67. The van der Waals surface area contributed by atoms with Crippen LogP contribution in [-0.4, -0.2) is 31.9 Å². The van der Waals surface area contributed by atoms with E-state index in [4.69, 9.17) is 10.9 Å². The molecule has 1 fully saturated rings. The highest BCUT2D eigenvalue weighted by Gasteiger charge is 2.35. The van der Waals surface area contributed by atoms with Crippen molar-refractivity contribution >= 4 is 10.2 Å². The van der Waals surface area contributed by atoms with Gasteiger partial charge in [-0.05, 0) is 12.3 Å². The van der Waals surface area contributed by atoms with Gasteiger partial charge in [-0.3, -0.25) is 0 Å². The van der Waals surface area contributed by atoms with Gasteiger partial charge < -0.3 is 5.73 Å². The highest BCUT2D eigenvalue weighted by molar-refractivity contribution is 7.86. The van der Waals surface area contributed by atoms with Crippen LogP contribution in [0, 0.1) is 5.92 Å². The van der Waals surface area contributed by atoms with Gasteiger partial charge in [0.25, 0.3) is 10.2 Å². The predicted molar refractivity (Wildman–Crippen MR) is 46.4 cm³/mol. The van der Waals surface area contributed by atoms with E-state index in [1.807, 2.05) is 6.92 Å². The molecule has 0 aliphatic carbocycles. The van der Waals surface area contributed by atoms with Crippen LogP contribution in [0.1, 0.15) is 13.3 Å². The number of hydrogen-bond donors (Lipinski definition) is 2. The maximum Gasteiger partial charge on any atom is 0.277 e. The van der Waals surface area contributed by atoms with Crippen LogP contribution in [0.3, 0.4) is 0 Å². The molecule has 12 heavy (non-hydrogen) atoms. The van der Waals surface area contributed by atoms with Crippen molar-refractivity contribution in [3.8, 4) is 0 Å². The number of hydrogen-bond acceptors (Lipinski definition) is 3. The zero-order valence-corrected chi connectivity index (χ0v) is 7.92. The molecular weight excluding hydrogens is 178 g/mol. The van der Waals surface area contributed by atoms with Crippen LogP contribution in [0.25, 0.3) is 0 Å². The summed E-state index contributed by atoms with van der Waals surface area (Å²) < 4.78 is 23.3. The second-order valence-electron chi connectivity index (χ2n) is 3.22. The highest BCUT2D eigenvalue weighted by Crippen LogP contribution is 2.24. The van der Waals surface area contributed by atoms with E-state index in [9.17, 15) is 8.42 Å². The van der Waals surface area contributed by atoms with Crippen LogP contribution in [0.15, 0.2) is 0 Å². The summed E-state index contributed by atoms with van der Waals surface area (Å²) >= 11 is 0. The monoisotopic (exact) mass is 193 g/mol. The van der Waals surface area contributed by atoms with Crippen LogP contribution < -0.4 is 10.9 Å². The third kappa shape index (κ3) is 1.77. The van der Waals surface area contributed by atoms with Gasteiger partial charge in [0.05, 0.1) is 0 Å². The van der Waals surface area contributed by atoms with Crippen LogP contribution in [0.2, 0.25) is 0 Å². The van der Waals surface area contributed by atoms with Gasteiger partial charge in [0.15, 0.2) is 0 Å². The van der Waals surface area contributed by atoms with Gasteiger partial charge in [-0.1, -0.05) is 6.92 Å². The Hall–Kier alpha value is -0.170. The fourth-order valence-electron chi connectivity index (χ4n) is 1.64. The lowest BCUT2D eigenvalue weighted by Crippen LogP contribution is -2.45. The van der Waals surface area contributed by atoms with Gasteiger partial charge in [-0.25, -0.2) is 5.14 Å². The van der Waals surface area contributed by atoms with Gasteiger partial charge in [-0.15, -0.1) is 0 Å². The second-order valence-corrected chi connectivity index (χ2v) is 4.72. The van der Waals surface area contributed by atoms with Crippen molar-refractivity contribution in [2.45, 2.75) is 19.4 Å². The van der Waals surface area contributed by atoms with Crippen molar-refractivity contribution in [3.63, 3.8) is 0 Å². The topological polar surface area (TPSA) is 89.4 Å². The first-order valence-corrected chi connectivity index (χ1v) is 5.46. The Kier molecular flexibility index (Phi) is 2.72. The van der Waals surface area contributed by atoms with Crippen molar-refractivity contribution in [3.05, 3.63) is 0 Å². The first kappa shape index (κ1) is 9.91. The SMILES string of the molecule is CC1CCN(S(N)(=O)=O)C1CN. The van der Waals surface area contributed by atoms with Gasteiger partial charge in [0.1, 0.15) is 0 Å². The normalized spacial score (nSPS) is 32.6. The van der Waals surface area contributed by atoms with Crippen molar-refractivity contribution < 1.29 is 8.42 Å². The van der Waals surface area contributed by atoms with E-state index < -0.39 is 10.2 Å². The summed E-state index contributed by atoms with van der Waals surface area (Å²) in [6.07, 6.45) is 0.846. The number of rotatable bonds is 2. The lowest BCUT2D eigenvalue weighted by atomic mass is 10.0. The van der Waals surface area contributed by atoms with Crippen LogP contribution >= 0.6 is 0 Å². The van der Waals surface area contributed by atoms with E-state index in [1.165, 1.54) is 4.31 Å². The molecule has 0 radical (unpaired) electrons. The molecule has 1 saturated heterocycles. The molecule has 5 nitrogen and oxygen atoms in total. The lowest BCUT2D eigenvalue weighted by molar-refractivity contribution is 0.355. The third-order valence-corrected chi connectivity index (χ3v) is 3.51. The van der Waals surface area contributed by atoms with Crippen LogP contribution in [-0.2, 0) is 10.2 Å². The summed E-state index contributed by atoms with van der Waals surface area (Å²) in [5.41, 5.74) is 5.45. The highest BCUT2D eigenvalue weighted by atomic mass is 32.2. The first-order chi connectivity index (χ1) is 5.46. The smallest absolute Gasteiger partial charge is 0.277 e. The summed E-state index contributed by atoms with van der Waals surface area (Å²) in [5.74, 6) is 0.313. The Balaban J connectivity index is 2.81. The van der Waals surface area contributed by atoms with E-state index in [0.717, 1.165) is 6.42 Å². The number of nitrogens with two attached hydrogens (primary N) is 2. The standard InChI is InChI=1S/C6H15N3O2S/c1-5-2-3-9(6(5)4-7)12(8,10)11/h5-6H,2-4,7H2,1H3,(H2,8,10,11). The summed E-state index contributed by atoms with van der Waals surface area (Å²) in [4.78, 5) is 0. The average molecular weight is 193 g/mol. The van der Waals surface area contributed by atoms with Gasteiger partial charge >= 0.3 is 0 Å². The maximum atomic E-state index is 11.0. The maximum absolute atomic E-state index is 11.0. The molecule has 72 valence electrons. The minimum Gasteiger partial charge on any atom is -0.329 e. The van der Waals surface area contributed by atoms with E-state index in [2.05, 4.69) is 0 Å². The van der Waals surface area contributed by atoms with Crippen molar-refractivity contribution in [1.82, 2.24) is 4.31 Å². The Morgan fingerprint density at radius 3 is 2.50 bits per heavy atom. The van der Waals surface area contributed by atoms with Crippen molar-refractivity contribution in [2.24, 2.45) is 16.8 Å². The molecule has 2 atom stereocenters. The number of nitrogens with zero attached hydrogens (tertiary/aromatic N) is 1. The molecule has 0 bridgehead atoms. The molecule has 4 N–H and O–H groups in total. The summed E-state index contributed by atoms with van der Waals surface area (Å²) in [5, 5.41) is 5.01. The minimum atomic E-state index is -3.54. The van der Waals surface area contributed by atoms with E-state index in [1.54, 1.807) is 0 Å². The molecule has 6 heteroatoms.